The van der Waals surface area contributed by atoms with Crippen LogP contribution >= 0.6 is 0 Å². The number of rotatable bonds is 3. The number of likely N-dealkylation sites (N-methyl/N-ethyl adjacent to an activating group) is 1. The number of hydrogen-bond donors (Lipinski definition) is 1. The van der Waals surface area contributed by atoms with Gasteiger partial charge in [0.05, 0.1) is 0 Å². The zero-order valence-electron chi connectivity index (χ0n) is 10.4. The van der Waals surface area contributed by atoms with Crippen molar-refractivity contribution in [3.8, 4) is 0 Å². The van der Waals surface area contributed by atoms with Gasteiger partial charge in [-0.2, -0.15) is 0 Å². The van der Waals surface area contributed by atoms with Crippen molar-refractivity contribution >= 4 is 5.91 Å². The van der Waals surface area contributed by atoms with Crippen molar-refractivity contribution < 1.29 is 4.79 Å². The number of hydrogen-bond acceptors (Lipinski definition) is 2. The molecule has 0 radical (unpaired) electrons. The van der Waals surface area contributed by atoms with Crippen LogP contribution in [0.25, 0.3) is 0 Å². The van der Waals surface area contributed by atoms with Crippen molar-refractivity contribution in [1.82, 2.24) is 10.2 Å². The van der Waals surface area contributed by atoms with Gasteiger partial charge in [-0.3, -0.25) is 9.69 Å². The molecule has 0 aromatic heterocycles. The van der Waals surface area contributed by atoms with Crippen LogP contribution in [0.3, 0.4) is 0 Å². The molecule has 1 fully saturated rings. The van der Waals surface area contributed by atoms with Crippen molar-refractivity contribution in [3.63, 3.8) is 0 Å². The molecule has 1 aliphatic carbocycles. The van der Waals surface area contributed by atoms with Gasteiger partial charge in [0.2, 0.25) is 5.91 Å². The second kappa shape index (κ2) is 5.50. The molecule has 88 valence electrons. The lowest BCUT2D eigenvalue weighted by Gasteiger charge is -2.40. The molecular formula is C12H24N2O. The lowest BCUT2D eigenvalue weighted by Crippen LogP contribution is -2.53. The lowest BCUT2D eigenvalue weighted by molar-refractivity contribution is -0.120. The Bertz CT molecular complexity index is 216. The average Bonchev–Trinajstić information content (AvgIpc) is 2.16. The predicted octanol–water partition coefficient (Wildman–Crippen LogP) is 1.77. The minimum absolute atomic E-state index is 0.101. The van der Waals surface area contributed by atoms with Gasteiger partial charge in [0.1, 0.15) is 0 Å². The maximum atomic E-state index is 11.1. The zero-order valence-corrected chi connectivity index (χ0v) is 10.4. The molecule has 2 unspecified atom stereocenters. The Morgan fingerprint density at radius 1 is 1.33 bits per heavy atom. The monoisotopic (exact) mass is 212 g/mol. The van der Waals surface area contributed by atoms with Gasteiger partial charge >= 0.3 is 0 Å². The topological polar surface area (TPSA) is 32.3 Å². The molecule has 3 heteroatoms. The average molecular weight is 212 g/mol. The van der Waals surface area contributed by atoms with Crippen molar-refractivity contribution in [3.05, 3.63) is 0 Å². The van der Waals surface area contributed by atoms with Crippen molar-refractivity contribution in [1.29, 1.82) is 0 Å². The van der Waals surface area contributed by atoms with E-state index in [-0.39, 0.29) is 5.91 Å². The number of carbonyl (C=O) groups is 1. The van der Waals surface area contributed by atoms with E-state index in [4.69, 9.17) is 0 Å². The molecule has 1 amide bonds. The minimum atomic E-state index is 0.101. The highest BCUT2D eigenvalue weighted by Gasteiger charge is 2.29. The van der Waals surface area contributed by atoms with E-state index in [1.807, 2.05) is 0 Å². The standard InChI is InChI=1S/C12H24N2O/c1-9(2)14(4)12-8-6-5-7-11(12)13-10(3)15/h9,11-12H,5-8H2,1-4H3,(H,13,15). The fraction of sp³-hybridized carbons (Fsp3) is 0.917. The summed E-state index contributed by atoms with van der Waals surface area (Å²) in [6, 6.07) is 1.41. The molecule has 0 spiro atoms. The Labute approximate surface area is 93.2 Å². The molecule has 0 aromatic carbocycles. The van der Waals surface area contributed by atoms with Gasteiger partial charge < -0.3 is 5.32 Å². The Morgan fingerprint density at radius 3 is 2.47 bits per heavy atom. The molecule has 0 heterocycles. The summed E-state index contributed by atoms with van der Waals surface area (Å²) in [6.07, 6.45) is 4.87. The minimum Gasteiger partial charge on any atom is -0.352 e. The summed E-state index contributed by atoms with van der Waals surface area (Å²) in [5.41, 5.74) is 0. The van der Waals surface area contributed by atoms with Crippen LogP contribution in [-0.4, -0.2) is 36.0 Å². The summed E-state index contributed by atoms with van der Waals surface area (Å²) in [5, 5.41) is 3.09. The first kappa shape index (κ1) is 12.5. The van der Waals surface area contributed by atoms with Gasteiger partial charge in [-0.25, -0.2) is 0 Å². The second-order valence-corrected chi connectivity index (χ2v) is 4.92. The molecule has 1 rings (SSSR count). The Kier molecular flexibility index (Phi) is 4.58. The van der Waals surface area contributed by atoms with Crippen LogP contribution < -0.4 is 5.32 Å². The third-order valence-electron chi connectivity index (χ3n) is 3.46. The van der Waals surface area contributed by atoms with E-state index < -0.39 is 0 Å². The van der Waals surface area contributed by atoms with Gasteiger partial charge in [0, 0.05) is 25.0 Å². The van der Waals surface area contributed by atoms with Crippen molar-refractivity contribution in [2.45, 2.75) is 64.6 Å². The molecule has 0 bridgehead atoms. The van der Waals surface area contributed by atoms with E-state index in [1.165, 1.54) is 19.3 Å². The Balaban J connectivity index is 2.60. The lowest BCUT2D eigenvalue weighted by atomic mass is 9.88. The summed E-state index contributed by atoms with van der Waals surface area (Å²) in [5.74, 6) is 0.101. The highest BCUT2D eigenvalue weighted by Crippen LogP contribution is 2.23. The molecular weight excluding hydrogens is 188 g/mol. The summed E-state index contributed by atoms with van der Waals surface area (Å²) in [6.45, 7) is 6.03. The fourth-order valence-corrected chi connectivity index (χ4v) is 2.41. The SMILES string of the molecule is CC(=O)NC1CCCCC1N(C)C(C)C. The van der Waals surface area contributed by atoms with Crippen LogP contribution in [0.15, 0.2) is 0 Å². The van der Waals surface area contributed by atoms with E-state index >= 15 is 0 Å². The van der Waals surface area contributed by atoms with Crippen LogP contribution in [0, 0.1) is 0 Å². The quantitative estimate of drug-likeness (QED) is 0.773. The Hall–Kier alpha value is -0.570. The molecule has 1 aliphatic rings. The van der Waals surface area contributed by atoms with E-state index in [0.717, 1.165) is 6.42 Å². The van der Waals surface area contributed by atoms with Crippen LogP contribution in [0.4, 0.5) is 0 Å². The third kappa shape index (κ3) is 3.49. The molecule has 3 nitrogen and oxygen atoms in total. The van der Waals surface area contributed by atoms with Crippen LogP contribution in [0.5, 0.6) is 0 Å². The summed E-state index contributed by atoms with van der Waals surface area (Å²) in [4.78, 5) is 13.5. The number of carbonyl (C=O) groups excluding carboxylic acids is 1. The van der Waals surface area contributed by atoms with E-state index in [2.05, 4.69) is 31.1 Å². The zero-order chi connectivity index (χ0) is 11.4. The molecule has 2 atom stereocenters. The maximum absolute atomic E-state index is 11.1. The summed E-state index contributed by atoms with van der Waals surface area (Å²) < 4.78 is 0. The van der Waals surface area contributed by atoms with Crippen LogP contribution in [0.1, 0.15) is 46.5 Å². The summed E-state index contributed by atoms with van der Waals surface area (Å²) in [7, 11) is 2.16. The van der Waals surface area contributed by atoms with Gasteiger partial charge in [0.15, 0.2) is 0 Å². The largest absolute Gasteiger partial charge is 0.352 e. The first-order chi connectivity index (χ1) is 7.02. The second-order valence-electron chi connectivity index (χ2n) is 4.92. The molecule has 1 saturated carbocycles. The van der Waals surface area contributed by atoms with Crippen LogP contribution in [0.2, 0.25) is 0 Å². The fourth-order valence-electron chi connectivity index (χ4n) is 2.41. The number of nitrogens with zero attached hydrogens (tertiary/aromatic N) is 1. The number of nitrogens with one attached hydrogen (secondary N) is 1. The van der Waals surface area contributed by atoms with Crippen molar-refractivity contribution in [2.75, 3.05) is 7.05 Å². The van der Waals surface area contributed by atoms with Gasteiger partial charge in [-0.1, -0.05) is 12.8 Å². The maximum Gasteiger partial charge on any atom is 0.217 e. The molecule has 0 aliphatic heterocycles. The molecule has 0 saturated heterocycles. The van der Waals surface area contributed by atoms with E-state index in [9.17, 15) is 4.79 Å². The molecule has 1 N–H and O–H groups in total. The first-order valence-corrected chi connectivity index (χ1v) is 6.01. The van der Waals surface area contributed by atoms with Crippen LogP contribution in [-0.2, 0) is 4.79 Å². The van der Waals surface area contributed by atoms with E-state index in [1.54, 1.807) is 6.92 Å². The summed E-state index contributed by atoms with van der Waals surface area (Å²) >= 11 is 0. The van der Waals surface area contributed by atoms with Gasteiger partial charge in [0.25, 0.3) is 0 Å². The highest BCUT2D eigenvalue weighted by molar-refractivity contribution is 5.73. The normalized spacial score (nSPS) is 27.1. The smallest absolute Gasteiger partial charge is 0.217 e. The third-order valence-corrected chi connectivity index (χ3v) is 3.46. The van der Waals surface area contributed by atoms with Gasteiger partial charge in [-0.05, 0) is 33.7 Å². The highest BCUT2D eigenvalue weighted by atomic mass is 16.1. The number of amides is 1. The van der Waals surface area contributed by atoms with Crippen molar-refractivity contribution in [2.24, 2.45) is 0 Å². The molecule has 15 heavy (non-hydrogen) atoms. The first-order valence-electron chi connectivity index (χ1n) is 6.01. The van der Waals surface area contributed by atoms with Gasteiger partial charge in [-0.15, -0.1) is 0 Å². The van der Waals surface area contributed by atoms with E-state index in [0.29, 0.717) is 18.1 Å². The predicted molar refractivity (Wildman–Crippen MR) is 62.8 cm³/mol. The Morgan fingerprint density at radius 2 is 1.93 bits per heavy atom. The molecule has 0 aromatic rings.